The number of aliphatic carboxylic acids is 1. The van der Waals surface area contributed by atoms with Crippen molar-refractivity contribution >= 4 is 12.0 Å². The molecule has 0 bridgehead atoms. The fourth-order valence-electron chi connectivity index (χ4n) is 2.10. The molecule has 2 amide bonds. The summed E-state index contributed by atoms with van der Waals surface area (Å²) in [7, 11) is 2.07. The minimum atomic E-state index is -1.14. The van der Waals surface area contributed by atoms with E-state index in [1.165, 1.54) is 0 Å². The first-order chi connectivity index (χ1) is 9.02. The molecule has 0 unspecified atom stereocenters. The number of carbonyl (C=O) groups excluding carboxylic acids is 1. The average Bonchev–Trinajstić information content (AvgIpc) is 2.37. The molecule has 0 aromatic heterocycles. The Morgan fingerprint density at radius 3 is 2.53 bits per heavy atom. The molecular weight excluding hydrogens is 250 g/mol. The third kappa shape index (κ3) is 5.89. The predicted octanol–water partition coefficient (Wildman–Crippen LogP) is -0.537. The number of carboxylic acid groups (broad SMARTS) is 1. The molecule has 1 aliphatic rings. The molecule has 7 nitrogen and oxygen atoms in total. The summed E-state index contributed by atoms with van der Waals surface area (Å²) in [6.07, 6.45) is 2.09. The highest BCUT2D eigenvalue weighted by molar-refractivity contribution is 5.82. The molecule has 0 aromatic rings. The lowest BCUT2D eigenvalue weighted by Gasteiger charge is -2.29. The molecule has 1 saturated heterocycles. The highest BCUT2D eigenvalue weighted by atomic mass is 16.4. The topological polar surface area (TPSA) is 102 Å². The first-order valence-corrected chi connectivity index (χ1v) is 6.59. The molecule has 1 atom stereocenters. The number of aliphatic hydroxyl groups excluding tert-OH is 1. The van der Waals surface area contributed by atoms with Gasteiger partial charge in [-0.1, -0.05) is 0 Å². The second-order valence-corrected chi connectivity index (χ2v) is 5.00. The summed E-state index contributed by atoms with van der Waals surface area (Å²) in [5, 5.41) is 22.6. The average molecular weight is 273 g/mol. The van der Waals surface area contributed by atoms with E-state index in [9.17, 15) is 9.59 Å². The number of nitrogens with one attached hydrogen (secondary N) is 2. The van der Waals surface area contributed by atoms with Crippen LogP contribution in [0.5, 0.6) is 0 Å². The van der Waals surface area contributed by atoms with Crippen molar-refractivity contribution in [2.45, 2.75) is 25.3 Å². The summed E-state index contributed by atoms with van der Waals surface area (Å²) in [4.78, 5) is 24.6. The van der Waals surface area contributed by atoms with Crippen LogP contribution in [0.2, 0.25) is 0 Å². The molecule has 0 aromatic carbocycles. The molecule has 4 N–H and O–H groups in total. The van der Waals surface area contributed by atoms with E-state index >= 15 is 0 Å². The van der Waals surface area contributed by atoms with Gasteiger partial charge in [0.15, 0.2) is 0 Å². The van der Waals surface area contributed by atoms with E-state index in [2.05, 4.69) is 22.6 Å². The van der Waals surface area contributed by atoms with Crippen molar-refractivity contribution in [1.29, 1.82) is 0 Å². The number of hydrogen-bond acceptors (Lipinski definition) is 4. The van der Waals surface area contributed by atoms with Crippen molar-refractivity contribution in [3.8, 4) is 0 Å². The summed E-state index contributed by atoms with van der Waals surface area (Å²) >= 11 is 0. The maximum Gasteiger partial charge on any atom is 0.326 e. The van der Waals surface area contributed by atoms with E-state index in [1.807, 2.05) is 0 Å². The summed E-state index contributed by atoms with van der Waals surface area (Å²) in [6.45, 7) is 2.34. The van der Waals surface area contributed by atoms with Crippen LogP contribution in [0.25, 0.3) is 0 Å². The number of carboxylic acids is 1. The molecule has 1 fully saturated rings. The van der Waals surface area contributed by atoms with E-state index in [4.69, 9.17) is 10.2 Å². The Balaban J connectivity index is 2.24. The number of nitrogens with zero attached hydrogens (tertiary/aromatic N) is 1. The van der Waals surface area contributed by atoms with Crippen LogP contribution >= 0.6 is 0 Å². The van der Waals surface area contributed by atoms with Gasteiger partial charge in [-0.3, -0.25) is 0 Å². The number of carbonyl (C=O) groups is 2. The Labute approximate surface area is 113 Å². The normalized spacial score (nSPS) is 18.8. The van der Waals surface area contributed by atoms with Crippen molar-refractivity contribution in [3.63, 3.8) is 0 Å². The molecule has 0 aliphatic carbocycles. The van der Waals surface area contributed by atoms with Crippen molar-refractivity contribution in [1.82, 2.24) is 15.5 Å². The Bertz CT molecular complexity index is 303. The molecule has 1 heterocycles. The van der Waals surface area contributed by atoms with Gasteiger partial charge in [-0.2, -0.15) is 0 Å². The fourth-order valence-corrected chi connectivity index (χ4v) is 2.10. The summed E-state index contributed by atoms with van der Waals surface area (Å²) < 4.78 is 0. The highest BCUT2D eigenvalue weighted by Gasteiger charge is 2.21. The number of urea groups is 1. The van der Waals surface area contributed by atoms with Gasteiger partial charge in [0.2, 0.25) is 0 Å². The lowest BCUT2D eigenvalue weighted by atomic mass is 9.97. The quantitative estimate of drug-likeness (QED) is 0.521. The van der Waals surface area contributed by atoms with Gasteiger partial charge < -0.3 is 25.7 Å². The third-order valence-corrected chi connectivity index (χ3v) is 3.41. The minimum Gasteiger partial charge on any atom is -0.480 e. The van der Waals surface area contributed by atoms with Gasteiger partial charge in [-0.25, -0.2) is 9.59 Å². The van der Waals surface area contributed by atoms with Crippen LogP contribution in [-0.2, 0) is 4.79 Å². The molecule has 0 saturated carbocycles. The number of amides is 2. The van der Waals surface area contributed by atoms with Crippen LogP contribution in [0.1, 0.15) is 19.3 Å². The van der Waals surface area contributed by atoms with E-state index < -0.39 is 18.0 Å². The van der Waals surface area contributed by atoms with Gasteiger partial charge in [0.1, 0.15) is 6.04 Å². The van der Waals surface area contributed by atoms with E-state index in [0.717, 1.165) is 25.9 Å². The predicted molar refractivity (Wildman–Crippen MR) is 69.9 cm³/mol. The van der Waals surface area contributed by atoms with Gasteiger partial charge in [0, 0.05) is 19.6 Å². The minimum absolute atomic E-state index is 0.0109. The number of hydrogen-bond donors (Lipinski definition) is 4. The third-order valence-electron chi connectivity index (χ3n) is 3.41. The lowest BCUT2D eigenvalue weighted by Crippen LogP contribution is -2.48. The highest BCUT2D eigenvalue weighted by Crippen LogP contribution is 2.14. The monoisotopic (exact) mass is 273 g/mol. The molecule has 110 valence electrons. The van der Waals surface area contributed by atoms with E-state index in [-0.39, 0.29) is 13.0 Å². The first kappa shape index (κ1) is 15.7. The SMILES string of the molecule is CN1CCC(CNC(=O)N[C@H](CCO)C(=O)O)CC1. The van der Waals surface area contributed by atoms with Crippen molar-refractivity contribution in [3.05, 3.63) is 0 Å². The zero-order valence-electron chi connectivity index (χ0n) is 11.3. The van der Waals surface area contributed by atoms with Crippen molar-refractivity contribution < 1.29 is 19.8 Å². The number of piperidine rings is 1. The molecule has 19 heavy (non-hydrogen) atoms. The van der Waals surface area contributed by atoms with Gasteiger partial charge >= 0.3 is 12.0 Å². The van der Waals surface area contributed by atoms with Gasteiger partial charge in [0.05, 0.1) is 0 Å². The molecule has 1 rings (SSSR count). The lowest BCUT2D eigenvalue weighted by molar-refractivity contribution is -0.139. The molecule has 0 spiro atoms. The zero-order chi connectivity index (χ0) is 14.3. The van der Waals surface area contributed by atoms with Crippen molar-refractivity contribution in [2.24, 2.45) is 5.92 Å². The van der Waals surface area contributed by atoms with Crippen LogP contribution in [0.3, 0.4) is 0 Å². The van der Waals surface area contributed by atoms with Crippen LogP contribution in [0.15, 0.2) is 0 Å². The molecule has 7 heteroatoms. The maximum absolute atomic E-state index is 11.6. The Morgan fingerprint density at radius 1 is 1.37 bits per heavy atom. The van der Waals surface area contributed by atoms with Gasteiger partial charge in [-0.05, 0) is 38.9 Å². The number of likely N-dealkylation sites (tertiary alicyclic amines) is 1. The molecule has 0 radical (unpaired) electrons. The Morgan fingerprint density at radius 2 is 2.00 bits per heavy atom. The zero-order valence-corrected chi connectivity index (χ0v) is 11.3. The standard InChI is InChI=1S/C12H23N3O4/c1-15-5-2-9(3-6-15)8-13-12(19)14-10(4-7-16)11(17)18/h9-10,16H,2-8H2,1H3,(H,17,18)(H2,13,14,19)/t10-/m1/s1. The van der Waals surface area contributed by atoms with Gasteiger partial charge in [0.25, 0.3) is 0 Å². The Hall–Kier alpha value is -1.34. The first-order valence-electron chi connectivity index (χ1n) is 6.59. The summed E-state index contributed by atoms with van der Waals surface area (Å²) in [5.74, 6) is -0.688. The fraction of sp³-hybridized carbons (Fsp3) is 0.833. The second-order valence-electron chi connectivity index (χ2n) is 5.00. The van der Waals surface area contributed by atoms with Gasteiger partial charge in [-0.15, -0.1) is 0 Å². The second kappa shape index (κ2) is 7.96. The molecule has 1 aliphatic heterocycles. The number of aliphatic hydroxyl groups is 1. The van der Waals surface area contributed by atoms with Crippen LogP contribution in [0.4, 0.5) is 4.79 Å². The van der Waals surface area contributed by atoms with Crippen LogP contribution < -0.4 is 10.6 Å². The van der Waals surface area contributed by atoms with E-state index in [0.29, 0.717) is 12.5 Å². The van der Waals surface area contributed by atoms with Crippen LogP contribution in [0, 0.1) is 5.92 Å². The summed E-state index contributed by atoms with van der Waals surface area (Å²) in [6, 6.07) is -1.53. The van der Waals surface area contributed by atoms with E-state index in [1.54, 1.807) is 0 Å². The summed E-state index contributed by atoms with van der Waals surface area (Å²) in [5.41, 5.74) is 0. The molecular formula is C12H23N3O4. The smallest absolute Gasteiger partial charge is 0.326 e. The maximum atomic E-state index is 11.6. The largest absolute Gasteiger partial charge is 0.480 e. The van der Waals surface area contributed by atoms with Crippen LogP contribution in [-0.4, -0.2) is 66.4 Å². The number of rotatable bonds is 6. The van der Waals surface area contributed by atoms with Crippen molar-refractivity contribution in [2.75, 3.05) is 33.3 Å². The Kier molecular flexibility index (Phi) is 6.58.